The molecule has 0 saturated heterocycles. The van der Waals surface area contributed by atoms with Gasteiger partial charge in [-0.3, -0.25) is 0 Å². The Bertz CT molecular complexity index is 739. The van der Waals surface area contributed by atoms with Crippen molar-refractivity contribution in [1.82, 2.24) is 0 Å². The first-order valence-corrected chi connectivity index (χ1v) is 11.0. The molecule has 1 nitrogen and oxygen atoms in total. The summed E-state index contributed by atoms with van der Waals surface area (Å²) in [5.41, 5.74) is 5.32. The molecule has 3 rings (SSSR count). The van der Waals surface area contributed by atoms with Gasteiger partial charge in [0.05, 0.1) is 12.7 Å². The van der Waals surface area contributed by atoms with E-state index in [1.165, 1.54) is 47.9 Å². The maximum atomic E-state index is 6.09. The summed E-state index contributed by atoms with van der Waals surface area (Å²) >= 11 is 0. The fourth-order valence-corrected chi connectivity index (χ4v) is 3.90. The molecule has 1 heteroatoms. The average molecular weight is 377 g/mol. The Labute approximate surface area is 171 Å². The largest absolute Gasteiger partial charge is 0.378 e. The average Bonchev–Trinajstić information content (AvgIpc) is 2.72. The molecule has 0 saturated carbocycles. The van der Waals surface area contributed by atoms with Crippen molar-refractivity contribution in [3.8, 4) is 11.1 Å². The van der Waals surface area contributed by atoms with Crippen molar-refractivity contribution >= 4 is 0 Å². The Kier molecular flexibility index (Phi) is 7.50. The predicted molar refractivity (Wildman–Crippen MR) is 121 cm³/mol. The number of benzene rings is 2. The van der Waals surface area contributed by atoms with Crippen LogP contribution >= 0.6 is 0 Å². The molecule has 0 aliphatic heterocycles. The van der Waals surface area contributed by atoms with Crippen molar-refractivity contribution in [2.75, 3.05) is 6.61 Å². The van der Waals surface area contributed by atoms with E-state index >= 15 is 0 Å². The maximum Gasteiger partial charge on any atom is 0.0547 e. The molecule has 0 heterocycles. The summed E-state index contributed by atoms with van der Waals surface area (Å²) in [6.07, 6.45) is 10.0. The second kappa shape index (κ2) is 10.1. The van der Waals surface area contributed by atoms with Gasteiger partial charge in [-0.2, -0.15) is 0 Å². The van der Waals surface area contributed by atoms with Crippen LogP contribution in [-0.2, 0) is 4.74 Å². The van der Waals surface area contributed by atoms with Gasteiger partial charge in [0.1, 0.15) is 0 Å². The van der Waals surface area contributed by atoms with Crippen LogP contribution in [0.2, 0.25) is 0 Å². The maximum absolute atomic E-state index is 6.09. The molecule has 1 aliphatic carbocycles. The van der Waals surface area contributed by atoms with Crippen molar-refractivity contribution in [1.29, 1.82) is 0 Å². The Morgan fingerprint density at radius 2 is 1.46 bits per heavy atom. The third kappa shape index (κ3) is 6.07. The fourth-order valence-electron chi connectivity index (χ4n) is 3.90. The molecule has 3 atom stereocenters. The highest BCUT2D eigenvalue weighted by Crippen LogP contribution is 2.32. The molecule has 0 amide bonds. The lowest BCUT2D eigenvalue weighted by atomic mass is 9.84. The van der Waals surface area contributed by atoms with Crippen LogP contribution in [0.3, 0.4) is 0 Å². The zero-order valence-corrected chi connectivity index (χ0v) is 18.0. The highest BCUT2D eigenvalue weighted by Gasteiger charge is 2.18. The minimum Gasteiger partial charge on any atom is -0.378 e. The Balaban J connectivity index is 1.51. The monoisotopic (exact) mass is 376 g/mol. The number of hydrogen-bond donors (Lipinski definition) is 0. The van der Waals surface area contributed by atoms with Gasteiger partial charge in [-0.25, -0.2) is 0 Å². The van der Waals surface area contributed by atoms with E-state index in [2.05, 4.69) is 88.4 Å². The van der Waals surface area contributed by atoms with Crippen LogP contribution in [0.15, 0.2) is 60.7 Å². The van der Waals surface area contributed by atoms with E-state index in [1.54, 1.807) is 0 Å². The summed E-state index contributed by atoms with van der Waals surface area (Å²) in [6, 6.07) is 17.9. The molecule has 0 aromatic heterocycles. The molecule has 0 fully saturated rings. The van der Waals surface area contributed by atoms with E-state index in [1.807, 2.05) is 0 Å². The quantitative estimate of drug-likeness (QED) is 0.432. The number of ether oxygens (including phenoxy) is 1. The summed E-state index contributed by atoms with van der Waals surface area (Å²) in [6.45, 7) is 9.78. The molecular weight excluding hydrogens is 340 g/mol. The second-order valence-electron chi connectivity index (χ2n) is 8.93. The molecule has 2 aromatic carbocycles. The molecule has 1 aliphatic rings. The summed E-state index contributed by atoms with van der Waals surface area (Å²) in [4.78, 5) is 0. The van der Waals surface area contributed by atoms with Crippen molar-refractivity contribution in [2.45, 2.75) is 65.4 Å². The normalized spacial score (nSPS) is 20.5. The first-order chi connectivity index (χ1) is 13.5. The standard InChI is InChI=1S/C27H36O/c1-20(2)5-8-22(4)28-19-23-9-13-25(14-10-23)27-17-15-26(16-18-27)24-11-6-21(3)7-12-24/h6-7,9,11-13,15-18,20,22-23,25H,5,8,10,14,19H2,1-4H3. The second-order valence-corrected chi connectivity index (χ2v) is 8.93. The summed E-state index contributed by atoms with van der Waals surface area (Å²) in [7, 11) is 0. The number of hydrogen-bond acceptors (Lipinski definition) is 1. The molecular formula is C27H36O. The van der Waals surface area contributed by atoms with Crippen LogP contribution < -0.4 is 0 Å². The van der Waals surface area contributed by atoms with Gasteiger partial charge in [0.15, 0.2) is 0 Å². The zero-order valence-electron chi connectivity index (χ0n) is 18.0. The molecule has 0 N–H and O–H groups in total. The SMILES string of the molecule is Cc1ccc(-c2ccc(C3C=CC(COC(C)CCC(C)C)CC3)cc2)cc1. The first kappa shape index (κ1) is 20.9. The zero-order chi connectivity index (χ0) is 19.9. The van der Waals surface area contributed by atoms with E-state index in [0.717, 1.165) is 12.5 Å². The highest BCUT2D eigenvalue weighted by molar-refractivity contribution is 5.64. The van der Waals surface area contributed by atoms with Gasteiger partial charge in [0, 0.05) is 11.8 Å². The van der Waals surface area contributed by atoms with Gasteiger partial charge in [0.2, 0.25) is 0 Å². The van der Waals surface area contributed by atoms with Crippen LogP contribution in [0.4, 0.5) is 0 Å². The van der Waals surface area contributed by atoms with Crippen molar-refractivity contribution in [3.05, 3.63) is 71.8 Å². The molecule has 0 bridgehead atoms. The van der Waals surface area contributed by atoms with Crippen molar-refractivity contribution < 1.29 is 4.74 Å². The van der Waals surface area contributed by atoms with Gasteiger partial charge in [-0.15, -0.1) is 0 Å². The molecule has 2 aromatic rings. The highest BCUT2D eigenvalue weighted by atomic mass is 16.5. The van der Waals surface area contributed by atoms with E-state index in [4.69, 9.17) is 4.74 Å². The van der Waals surface area contributed by atoms with Crippen molar-refractivity contribution in [2.24, 2.45) is 11.8 Å². The van der Waals surface area contributed by atoms with Gasteiger partial charge < -0.3 is 4.74 Å². The number of allylic oxidation sites excluding steroid dienone is 1. The van der Waals surface area contributed by atoms with E-state index < -0.39 is 0 Å². The lowest BCUT2D eigenvalue weighted by Crippen LogP contribution is -2.18. The van der Waals surface area contributed by atoms with Crippen LogP contribution in [0.25, 0.3) is 11.1 Å². The fraction of sp³-hybridized carbons (Fsp3) is 0.481. The Morgan fingerprint density at radius 3 is 2.04 bits per heavy atom. The molecule has 3 unspecified atom stereocenters. The Morgan fingerprint density at radius 1 is 0.821 bits per heavy atom. The van der Waals surface area contributed by atoms with E-state index in [9.17, 15) is 0 Å². The van der Waals surface area contributed by atoms with Crippen LogP contribution in [0.1, 0.15) is 63.5 Å². The van der Waals surface area contributed by atoms with Crippen LogP contribution in [0.5, 0.6) is 0 Å². The number of aryl methyl sites for hydroxylation is 1. The third-order valence-corrected chi connectivity index (χ3v) is 5.93. The van der Waals surface area contributed by atoms with E-state index in [0.29, 0.717) is 17.9 Å². The van der Waals surface area contributed by atoms with Gasteiger partial charge >= 0.3 is 0 Å². The minimum absolute atomic E-state index is 0.378. The smallest absolute Gasteiger partial charge is 0.0547 e. The lowest BCUT2D eigenvalue weighted by molar-refractivity contribution is 0.0383. The van der Waals surface area contributed by atoms with Gasteiger partial charge in [0.25, 0.3) is 0 Å². The Hall–Kier alpha value is -1.86. The molecule has 0 spiro atoms. The van der Waals surface area contributed by atoms with Crippen molar-refractivity contribution in [3.63, 3.8) is 0 Å². The lowest BCUT2D eigenvalue weighted by Gasteiger charge is -2.25. The summed E-state index contributed by atoms with van der Waals surface area (Å²) in [5, 5.41) is 0. The van der Waals surface area contributed by atoms with E-state index in [-0.39, 0.29) is 0 Å². The first-order valence-electron chi connectivity index (χ1n) is 11.0. The minimum atomic E-state index is 0.378. The third-order valence-electron chi connectivity index (χ3n) is 5.93. The predicted octanol–water partition coefficient (Wildman–Crippen LogP) is 7.55. The number of rotatable bonds is 8. The summed E-state index contributed by atoms with van der Waals surface area (Å²) < 4.78 is 6.09. The molecule has 0 radical (unpaired) electrons. The molecule has 28 heavy (non-hydrogen) atoms. The topological polar surface area (TPSA) is 9.23 Å². The molecule has 150 valence electrons. The van der Waals surface area contributed by atoms with Crippen LogP contribution in [0, 0.1) is 18.8 Å². The van der Waals surface area contributed by atoms with Gasteiger partial charge in [-0.1, -0.05) is 80.1 Å². The summed E-state index contributed by atoms with van der Waals surface area (Å²) in [5.74, 6) is 1.88. The van der Waals surface area contributed by atoms with Gasteiger partial charge in [-0.05, 0) is 62.1 Å². The van der Waals surface area contributed by atoms with Crippen LogP contribution in [-0.4, -0.2) is 12.7 Å².